The maximum atomic E-state index is 13.2. The molecule has 12 heteroatoms. The minimum Gasteiger partial charge on any atom is -0.477 e. The Morgan fingerprint density at radius 3 is 2.73 bits per heavy atom. The Labute approximate surface area is 240 Å². The summed E-state index contributed by atoms with van der Waals surface area (Å²) < 4.78 is 13.0. The Morgan fingerprint density at radius 1 is 1.27 bits per heavy atom. The van der Waals surface area contributed by atoms with Gasteiger partial charge in [-0.25, -0.2) is 14.8 Å². The third-order valence-corrected chi connectivity index (χ3v) is 7.76. The van der Waals surface area contributed by atoms with Crippen LogP contribution < -0.4 is 16.1 Å². The van der Waals surface area contributed by atoms with Crippen molar-refractivity contribution in [3.63, 3.8) is 0 Å². The molecule has 1 unspecified atom stereocenters. The number of aliphatic imine (C=N–C) groups is 1. The Hall–Kier alpha value is -3.60. The Morgan fingerprint density at radius 2 is 2.05 bits per heavy atom. The highest BCUT2D eigenvalue weighted by molar-refractivity contribution is 6.42. The summed E-state index contributed by atoms with van der Waals surface area (Å²) in [5, 5.41) is 10.7. The van der Waals surface area contributed by atoms with Gasteiger partial charge in [0.1, 0.15) is 18.0 Å². The molecule has 2 aromatic heterocycles. The van der Waals surface area contributed by atoms with Gasteiger partial charge >= 0.3 is 5.97 Å². The summed E-state index contributed by atoms with van der Waals surface area (Å²) in [7, 11) is 1.58. The second-order valence-corrected chi connectivity index (χ2v) is 11.5. The molecule has 10 nitrogen and oxygen atoms in total. The van der Waals surface area contributed by atoms with Crippen LogP contribution in [0.4, 0.5) is 11.5 Å². The lowest BCUT2D eigenvalue weighted by molar-refractivity contribution is 0.0695. The Balaban J connectivity index is 1.58. The van der Waals surface area contributed by atoms with Crippen LogP contribution in [0.25, 0.3) is 16.6 Å². The van der Waals surface area contributed by atoms with Crippen molar-refractivity contribution in [2.45, 2.75) is 39.0 Å². The van der Waals surface area contributed by atoms with E-state index in [0.717, 1.165) is 6.42 Å². The van der Waals surface area contributed by atoms with Crippen LogP contribution in [0.15, 0.2) is 57.6 Å². The van der Waals surface area contributed by atoms with Gasteiger partial charge in [-0.1, -0.05) is 43.1 Å². The van der Waals surface area contributed by atoms with Crippen molar-refractivity contribution in [2.24, 2.45) is 10.4 Å². The number of rotatable bonds is 6. The van der Waals surface area contributed by atoms with Crippen LogP contribution in [0.5, 0.6) is 0 Å². The van der Waals surface area contributed by atoms with Crippen molar-refractivity contribution >= 4 is 57.5 Å². The zero-order chi connectivity index (χ0) is 28.8. The number of aromatic carboxylic acids is 1. The zero-order valence-electron chi connectivity index (χ0n) is 22.2. The number of nitrogens with zero attached hydrogens (tertiary/aromatic N) is 4. The molecule has 2 aliphatic rings. The number of nitrogens with two attached hydrogens (primary N) is 1. The van der Waals surface area contributed by atoms with Crippen molar-refractivity contribution < 1.29 is 19.4 Å². The highest BCUT2D eigenvalue weighted by Gasteiger charge is 2.39. The number of anilines is 2. The Bertz CT molecular complexity index is 1600. The highest BCUT2D eigenvalue weighted by Crippen LogP contribution is 2.41. The van der Waals surface area contributed by atoms with E-state index in [9.17, 15) is 14.7 Å². The number of carboxylic acid groups (broad SMARTS) is 1. The monoisotopic (exact) mass is 585 g/mol. The first kappa shape index (κ1) is 27.9. The first-order chi connectivity index (χ1) is 19.0. The molecular formula is C28H29Cl2N5O5. The number of fused-ring (bicyclic) bond motifs is 1. The number of benzene rings is 1. The molecule has 0 spiro atoms. The van der Waals surface area contributed by atoms with Gasteiger partial charge in [-0.3, -0.25) is 4.79 Å². The smallest absolute Gasteiger partial charge is 0.341 e. The van der Waals surface area contributed by atoms with Gasteiger partial charge in [-0.2, -0.15) is 0 Å². The molecular weight excluding hydrogens is 557 g/mol. The first-order valence-electron chi connectivity index (χ1n) is 12.7. The van der Waals surface area contributed by atoms with E-state index in [4.69, 9.17) is 38.4 Å². The maximum Gasteiger partial charge on any atom is 0.341 e. The van der Waals surface area contributed by atoms with Crippen molar-refractivity contribution in [3.8, 4) is 5.69 Å². The van der Waals surface area contributed by atoms with Crippen LogP contribution in [-0.2, 0) is 9.47 Å². The van der Waals surface area contributed by atoms with Gasteiger partial charge < -0.3 is 29.8 Å². The summed E-state index contributed by atoms with van der Waals surface area (Å²) in [4.78, 5) is 35.8. The largest absolute Gasteiger partial charge is 0.477 e. The summed E-state index contributed by atoms with van der Waals surface area (Å²) in [6.45, 7) is 5.29. The number of carbonyl (C=O) groups is 1. The molecule has 0 bridgehead atoms. The lowest BCUT2D eigenvalue weighted by Crippen LogP contribution is -2.35. The number of aromatic nitrogens is 2. The van der Waals surface area contributed by atoms with Crippen molar-refractivity contribution in [1.82, 2.24) is 9.55 Å². The summed E-state index contributed by atoms with van der Waals surface area (Å²) >= 11 is 13.2. The standard InChI is InChI=1S/C28H29Cl2N5O5/c1-28(2)10-16(13-40-26-19(29)5-7-24(33-26)39-3)35(14-28)22-9-21-17(8-20(22)30)25(36)18(27(37)38)12-34(21)15-4-6-23(31)32-11-15/h4-6,8-9,11-12,16,24H,7,10,13-14H2,1-3H3,(H2,31,32)(H,37,38)/t16-,24?/m1/s1. The van der Waals surface area contributed by atoms with E-state index < -0.39 is 11.4 Å². The fourth-order valence-corrected chi connectivity index (χ4v) is 5.73. The number of methoxy groups -OCH3 is 1. The van der Waals surface area contributed by atoms with Crippen LogP contribution in [0.1, 0.15) is 37.0 Å². The predicted octanol–water partition coefficient (Wildman–Crippen LogP) is 4.84. The molecule has 1 fully saturated rings. The lowest BCUT2D eigenvalue weighted by Gasteiger charge is -2.29. The number of pyridine rings is 2. The van der Waals surface area contributed by atoms with Gasteiger partial charge in [0.15, 0.2) is 6.23 Å². The molecule has 0 aliphatic carbocycles. The molecule has 40 heavy (non-hydrogen) atoms. The number of halogens is 2. The number of hydrogen-bond acceptors (Lipinski definition) is 8. The average molecular weight is 586 g/mol. The number of dihydropyridines is 1. The minimum absolute atomic E-state index is 0.0664. The minimum atomic E-state index is -1.34. The second kappa shape index (κ2) is 10.8. The zero-order valence-corrected chi connectivity index (χ0v) is 23.7. The van der Waals surface area contributed by atoms with Crippen molar-refractivity contribution in [2.75, 3.05) is 30.9 Å². The molecule has 4 heterocycles. The fraction of sp³-hybridized carbons (Fsp3) is 0.357. The molecule has 1 saturated heterocycles. The Kier molecular flexibility index (Phi) is 7.52. The number of nitrogen functional groups attached to an aromatic ring is 1. The quantitative estimate of drug-likeness (QED) is 0.420. The first-order valence-corrected chi connectivity index (χ1v) is 13.4. The third kappa shape index (κ3) is 5.39. The van der Waals surface area contributed by atoms with Gasteiger partial charge in [-0.15, -0.1) is 0 Å². The van der Waals surface area contributed by atoms with E-state index in [-0.39, 0.29) is 28.6 Å². The summed E-state index contributed by atoms with van der Waals surface area (Å²) in [5.41, 5.74) is 6.41. The normalized spacial score (nSPS) is 20.4. The third-order valence-electron chi connectivity index (χ3n) is 7.14. The van der Waals surface area contributed by atoms with Gasteiger partial charge in [0.2, 0.25) is 11.3 Å². The van der Waals surface area contributed by atoms with Crippen molar-refractivity contribution in [1.29, 1.82) is 0 Å². The predicted molar refractivity (Wildman–Crippen MR) is 156 cm³/mol. The molecule has 2 atom stereocenters. The van der Waals surface area contributed by atoms with E-state index in [1.807, 2.05) is 6.08 Å². The van der Waals surface area contributed by atoms with Crippen LogP contribution >= 0.6 is 23.2 Å². The second-order valence-electron chi connectivity index (χ2n) is 10.7. The molecule has 0 amide bonds. The molecule has 0 saturated carbocycles. The van der Waals surface area contributed by atoms with Crippen molar-refractivity contribution in [3.05, 3.63) is 68.6 Å². The van der Waals surface area contributed by atoms with Crippen LogP contribution in [-0.4, -0.2) is 59.1 Å². The van der Waals surface area contributed by atoms with Gasteiger partial charge in [0, 0.05) is 31.7 Å². The van der Waals surface area contributed by atoms with E-state index in [1.54, 1.807) is 29.9 Å². The molecule has 3 N–H and O–H groups in total. The fourth-order valence-electron chi connectivity index (χ4n) is 5.26. The van der Waals surface area contributed by atoms with Crippen LogP contribution in [0.2, 0.25) is 5.02 Å². The molecule has 1 aromatic carbocycles. The van der Waals surface area contributed by atoms with E-state index in [0.29, 0.717) is 58.2 Å². The number of carboxylic acids is 1. The number of ether oxygens (including phenoxy) is 2. The molecule has 210 valence electrons. The SMILES string of the molecule is COC1CC=C(Cl)C(OC[C@H]2CC(C)(C)CN2c2cc3c(cc2Cl)c(=O)c(C(=O)O)cn3-c2ccc(N)nc2)=N1. The maximum absolute atomic E-state index is 13.2. The van der Waals surface area contributed by atoms with E-state index in [1.165, 1.54) is 18.5 Å². The average Bonchev–Trinajstić information content (AvgIpc) is 3.22. The summed E-state index contributed by atoms with van der Waals surface area (Å²) in [6.07, 6.45) is 5.67. The molecule has 2 aliphatic heterocycles. The molecule has 0 radical (unpaired) electrons. The van der Waals surface area contributed by atoms with Gasteiger partial charge in [0.25, 0.3) is 0 Å². The summed E-state index contributed by atoms with van der Waals surface area (Å²) in [5.74, 6) is -0.690. The van der Waals surface area contributed by atoms with Crippen LogP contribution in [0.3, 0.4) is 0 Å². The number of hydrogen-bond donors (Lipinski definition) is 2. The molecule has 5 rings (SSSR count). The summed E-state index contributed by atoms with van der Waals surface area (Å²) in [6, 6.07) is 6.56. The van der Waals surface area contributed by atoms with Gasteiger partial charge in [-0.05, 0) is 36.1 Å². The molecule has 3 aromatic rings. The van der Waals surface area contributed by atoms with Crippen LogP contribution in [0, 0.1) is 5.41 Å². The topological polar surface area (TPSA) is 132 Å². The lowest BCUT2D eigenvalue weighted by atomic mass is 9.91. The highest BCUT2D eigenvalue weighted by atomic mass is 35.5. The van der Waals surface area contributed by atoms with E-state index in [2.05, 4.69) is 28.7 Å². The van der Waals surface area contributed by atoms with Gasteiger partial charge in [0.05, 0.1) is 39.2 Å². The van der Waals surface area contributed by atoms with E-state index >= 15 is 0 Å².